The van der Waals surface area contributed by atoms with Gasteiger partial charge in [-0.25, -0.2) is 8.42 Å². The molecule has 3 aromatic rings. The van der Waals surface area contributed by atoms with Crippen LogP contribution in [0.4, 0.5) is 0 Å². The first-order valence-corrected chi connectivity index (χ1v) is 12.2. The molecular formula is C24H28N2O2S. The highest BCUT2D eigenvalue weighted by atomic mass is 32.2. The van der Waals surface area contributed by atoms with E-state index in [2.05, 4.69) is 35.0 Å². The molecule has 1 saturated carbocycles. The maximum atomic E-state index is 11.8. The Balaban J connectivity index is 1.60. The van der Waals surface area contributed by atoms with E-state index >= 15 is 0 Å². The SMILES string of the molecule is Cc1cc(-c2ccc(-c3cccc(S(C)(=O)=O)c3)cc2)n(CC2CCCCC2)n1. The normalized spacial score (nSPS) is 15.5. The van der Waals surface area contributed by atoms with Crippen molar-refractivity contribution in [1.29, 1.82) is 0 Å². The van der Waals surface area contributed by atoms with Crippen LogP contribution in [-0.4, -0.2) is 24.5 Å². The molecule has 0 amide bonds. The van der Waals surface area contributed by atoms with E-state index in [-0.39, 0.29) is 0 Å². The molecule has 1 aromatic heterocycles. The number of hydrogen-bond acceptors (Lipinski definition) is 3. The summed E-state index contributed by atoms with van der Waals surface area (Å²) in [6, 6.07) is 17.6. The van der Waals surface area contributed by atoms with Crippen molar-refractivity contribution >= 4 is 9.84 Å². The van der Waals surface area contributed by atoms with Gasteiger partial charge in [-0.3, -0.25) is 4.68 Å². The molecule has 5 heteroatoms. The lowest BCUT2D eigenvalue weighted by Crippen LogP contribution is -2.15. The maximum Gasteiger partial charge on any atom is 0.175 e. The molecule has 4 rings (SSSR count). The summed E-state index contributed by atoms with van der Waals surface area (Å²) in [6.45, 7) is 3.03. The van der Waals surface area contributed by atoms with Crippen LogP contribution in [0.3, 0.4) is 0 Å². The second-order valence-electron chi connectivity index (χ2n) is 8.23. The predicted molar refractivity (Wildman–Crippen MR) is 118 cm³/mol. The van der Waals surface area contributed by atoms with Crippen molar-refractivity contribution in [1.82, 2.24) is 9.78 Å². The smallest absolute Gasteiger partial charge is 0.175 e. The molecule has 1 aliphatic rings. The predicted octanol–water partition coefficient (Wildman–Crippen LogP) is 5.51. The van der Waals surface area contributed by atoms with E-state index in [4.69, 9.17) is 5.10 Å². The minimum atomic E-state index is -3.21. The highest BCUT2D eigenvalue weighted by Crippen LogP contribution is 2.30. The van der Waals surface area contributed by atoms with Crippen molar-refractivity contribution in [3.8, 4) is 22.4 Å². The van der Waals surface area contributed by atoms with Gasteiger partial charge < -0.3 is 0 Å². The van der Waals surface area contributed by atoms with Crippen molar-refractivity contribution in [2.45, 2.75) is 50.5 Å². The van der Waals surface area contributed by atoms with E-state index < -0.39 is 9.84 Å². The Labute approximate surface area is 173 Å². The molecule has 0 spiro atoms. The van der Waals surface area contributed by atoms with Gasteiger partial charge in [0.05, 0.1) is 16.3 Å². The third-order valence-electron chi connectivity index (χ3n) is 5.83. The molecule has 152 valence electrons. The Bertz CT molecular complexity index is 1090. The van der Waals surface area contributed by atoms with Gasteiger partial charge in [0.25, 0.3) is 0 Å². The highest BCUT2D eigenvalue weighted by Gasteiger charge is 2.17. The molecule has 0 unspecified atom stereocenters. The van der Waals surface area contributed by atoms with Crippen molar-refractivity contribution in [2.24, 2.45) is 5.92 Å². The molecule has 1 aliphatic carbocycles. The summed E-state index contributed by atoms with van der Waals surface area (Å²) >= 11 is 0. The summed E-state index contributed by atoms with van der Waals surface area (Å²) in [5, 5.41) is 4.75. The van der Waals surface area contributed by atoms with E-state index in [1.165, 1.54) is 38.4 Å². The lowest BCUT2D eigenvalue weighted by molar-refractivity contribution is 0.309. The average Bonchev–Trinajstić information content (AvgIpc) is 3.08. The molecule has 1 heterocycles. The summed E-state index contributed by atoms with van der Waals surface area (Å²) in [6.07, 6.45) is 7.87. The monoisotopic (exact) mass is 408 g/mol. The molecule has 0 bridgehead atoms. The van der Waals surface area contributed by atoms with Crippen LogP contribution in [0.1, 0.15) is 37.8 Å². The molecule has 0 radical (unpaired) electrons. The maximum absolute atomic E-state index is 11.8. The van der Waals surface area contributed by atoms with Crippen LogP contribution >= 0.6 is 0 Å². The number of aryl methyl sites for hydroxylation is 1. The van der Waals surface area contributed by atoms with Crippen LogP contribution in [0.2, 0.25) is 0 Å². The van der Waals surface area contributed by atoms with Crippen LogP contribution in [0, 0.1) is 12.8 Å². The molecule has 2 aromatic carbocycles. The fourth-order valence-corrected chi connectivity index (χ4v) is 4.94. The highest BCUT2D eigenvalue weighted by molar-refractivity contribution is 7.90. The zero-order valence-corrected chi connectivity index (χ0v) is 18.0. The molecular weight excluding hydrogens is 380 g/mol. The zero-order chi connectivity index (χ0) is 20.4. The fraction of sp³-hybridized carbons (Fsp3) is 0.375. The third-order valence-corrected chi connectivity index (χ3v) is 6.94. The molecule has 29 heavy (non-hydrogen) atoms. The van der Waals surface area contributed by atoms with Crippen molar-refractivity contribution in [3.63, 3.8) is 0 Å². The van der Waals surface area contributed by atoms with Gasteiger partial charge in [-0.05, 0) is 60.6 Å². The number of nitrogens with zero attached hydrogens (tertiary/aromatic N) is 2. The van der Waals surface area contributed by atoms with Crippen LogP contribution in [0.25, 0.3) is 22.4 Å². The second kappa shape index (κ2) is 8.15. The van der Waals surface area contributed by atoms with Gasteiger partial charge in [-0.15, -0.1) is 0 Å². The summed E-state index contributed by atoms with van der Waals surface area (Å²) in [5.41, 5.74) is 5.26. The molecule has 0 aliphatic heterocycles. The van der Waals surface area contributed by atoms with E-state index in [9.17, 15) is 8.42 Å². The zero-order valence-electron chi connectivity index (χ0n) is 17.1. The van der Waals surface area contributed by atoms with E-state index in [0.29, 0.717) is 4.90 Å². The minimum Gasteiger partial charge on any atom is -0.264 e. The first-order chi connectivity index (χ1) is 13.9. The van der Waals surface area contributed by atoms with Crippen molar-refractivity contribution < 1.29 is 8.42 Å². The quantitative estimate of drug-likeness (QED) is 0.559. The van der Waals surface area contributed by atoms with Gasteiger partial charge in [-0.2, -0.15) is 5.10 Å². The van der Waals surface area contributed by atoms with Crippen molar-refractivity contribution in [3.05, 3.63) is 60.3 Å². The third kappa shape index (κ3) is 4.61. The number of aromatic nitrogens is 2. The minimum absolute atomic E-state index is 0.347. The summed E-state index contributed by atoms with van der Waals surface area (Å²) in [5.74, 6) is 0.722. The Morgan fingerprint density at radius 1 is 0.931 bits per heavy atom. The second-order valence-corrected chi connectivity index (χ2v) is 10.3. The number of hydrogen-bond donors (Lipinski definition) is 0. The topological polar surface area (TPSA) is 52.0 Å². The first kappa shape index (κ1) is 19.9. The van der Waals surface area contributed by atoms with Crippen molar-refractivity contribution in [2.75, 3.05) is 6.26 Å². The average molecular weight is 409 g/mol. The lowest BCUT2D eigenvalue weighted by atomic mass is 9.89. The van der Waals surface area contributed by atoms with Crippen LogP contribution in [0.5, 0.6) is 0 Å². The van der Waals surface area contributed by atoms with E-state index in [1.54, 1.807) is 18.2 Å². The molecule has 0 atom stereocenters. The molecule has 0 saturated heterocycles. The van der Waals surface area contributed by atoms with Crippen LogP contribution < -0.4 is 0 Å². The molecule has 1 fully saturated rings. The number of sulfone groups is 1. The van der Waals surface area contributed by atoms with Crippen LogP contribution in [0.15, 0.2) is 59.5 Å². The van der Waals surface area contributed by atoms with Gasteiger partial charge in [0, 0.05) is 12.8 Å². The van der Waals surface area contributed by atoms with Crippen LogP contribution in [-0.2, 0) is 16.4 Å². The molecule has 0 N–H and O–H groups in total. The Kier molecular flexibility index (Phi) is 5.59. The van der Waals surface area contributed by atoms with E-state index in [1.807, 2.05) is 13.0 Å². The standard InChI is InChI=1S/C24H28N2O2S/c1-18-15-24(26(25-18)17-19-7-4-3-5-8-19)21-13-11-20(12-14-21)22-9-6-10-23(16-22)29(2,27)28/h6,9-16,19H,3-5,7-8,17H2,1-2H3. The van der Waals surface area contributed by atoms with E-state index in [0.717, 1.165) is 40.5 Å². The Hall–Kier alpha value is -2.40. The summed E-state index contributed by atoms with van der Waals surface area (Å²) < 4.78 is 25.9. The van der Waals surface area contributed by atoms with Gasteiger partial charge >= 0.3 is 0 Å². The molecule has 4 nitrogen and oxygen atoms in total. The van der Waals surface area contributed by atoms with Gasteiger partial charge in [0.1, 0.15) is 0 Å². The van der Waals surface area contributed by atoms with Gasteiger partial charge in [-0.1, -0.05) is 55.7 Å². The van der Waals surface area contributed by atoms with Gasteiger partial charge in [0.15, 0.2) is 9.84 Å². The number of rotatable bonds is 5. The van der Waals surface area contributed by atoms with Gasteiger partial charge in [0.2, 0.25) is 0 Å². The first-order valence-electron chi connectivity index (χ1n) is 10.4. The Morgan fingerprint density at radius 2 is 1.62 bits per heavy atom. The fourth-order valence-electron chi connectivity index (χ4n) is 4.27. The lowest BCUT2D eigenvalue weighted by Gasteiger charge is -2.22. The summed E-state index contributed by atoms with van der Waals surface area (Å²) in [7, 11) is -3.21. The summed E-state index contributed by atoms with van der Waals surface area (Å²) in [4.78, 5) is 0.347. The largest absolute Gasteiger partial charge is 0.264 e. The Morgan fingerprint density at radius 3 is 2.31 bits per heavy atom. The number of benzene rings is 2.